The zero-order valence-electron chi connectivity index (χ0n) is 14.4. The van der Waals surface area contributed by atoms with Crippen LogP contribution in [-0.2, 0) is 9.53 Å². The predicted molar refractivity (Wildman–Crippen MR) is 95.7 cm³/mol. The molecule has 130 valence electrons. The lowest BCUT2D eigenvalue weighted by Crippen LogP contribution is -2.27. The SMILES string of the molecule is CCOCCCNC(=O)CSc1nnc(C)n1-c1ccccc1C. The Labute approximate surface area is 147 Å². The number of carbonyl (C=O) groups excluding carboxylic acids is 1. The van der Waals surface area contributed by atoms with E-state index in [4.69, 9.17) is 4.74 Å². The molecular formula is C17H24N4O2S. The summed E-state index contributed by atoms with van der Waals surface area (Å²) in [5, 5.41) is 12.0. The van der Waals surface area contributed by atoms with Gasteiger partial charge < -0.3 is 10.1 Å². The number of hydrogen-bond acceptors (Lipinski definition) is 5. The van der Waals surface area contributed by atoms with Gasteiger partial charge in [0.15, 0.2) is 5.16 Å². The first-order valence-corrected chi connectivity index (χ1v) is 9.07. The molecule has 1 amide bonds. The molecule has 0 fully saturated rings. The van der Waals surface area contributed by atoms with Crippen LogP contribution >= 0.6 is 11.8 Å². The second-order valence-electron chi connectivity index (χ2n) is 5.34. The number of ether oxygens (including phenoxy) is 1. The number of rotatable bonds is 9. The van der Waals surface area contributed by atoms with E-state index in [2.05, 4.69) is 15.5 Å². The third-order valence-electron chi connectivity index (χ3n) is 3.48. The fraction of sp³-hybridized carbons (Fsp3) is 0.471. The van der Waals surface area contributed by atoms with Gasteiger partial charge in [0, 0.05) is 19.8 Å². The number of carbonyl (C=O) groups is 1. The molecule has 7 heteroatoms. The maximum Gasteiger partial charge on any atom is 0.230 e. The van der Waals surface area contributed by atoms with Crippen molar-refractivity contribution in [1.82, 2.24) is 20.1 Å². The number of aromatic nitrogens is 3. The molecule has 24 heavy (non-hydrogen) atoms. The summed E-state index contributed by atoms with van der Waals surface area (Å²) in [4.78, 5) is 11.9. The van der Waals surface area contributed by atoms with Crippen LogP contribution in [0.5, 0.6) is 0 Å². The van der Waals surface area contributed by atoms with Gasteiger partial charge in [0.25, 0.3) is 0 Å². The lowest BCUT2D eigenvalue weighted by Gasteiger charge is -2.11. The van der Waals surface area contributed by atoms with Gasteiger partial charge in [-0.1, -0.05) is 30.0 Å². The van der Waals surface area contributed by atoms with E-state index in [0.29, 0.717) is 25.5 Å². The topological polar surface area (TPSA) is 69.0 Å². The molecule has 0 aliphatic heterocycles. The van der Waals surface area contributed by atoms with Gasteiger partial charge in [0.2, 0.25) is 5.91 Å². The molecule has 0 saturated carbocycles. The van der Waals surface area contributed by atoms with Crippen LogP contribution in [0.3, 0.4) is 0 Å². The molecule has 0 unspecified atom stereocenters. The van der Waals surface area contributed by atoms with Crippen molar-refractivity contribution in [3.63, 3.8) is 0 Å². The second kappa shape index (κ2) is 9.44. The Morgan fingerprint density at radius 3 is 2.83 bits per heavy atom. The molecule has 2 aromatic rings. The molecule has 0 atom stereocenters. The van der Waals surface area contributed by atoms with Crippen LogP contribution < -0.4 is 5.32 Å². The average molecular weight is 348 g/mol. The minimum Gasteiger partial charge on any atom is -0.382 e. The lowest BCUT2D eigenvalue weighted by atomic mass is 10.2. The monoisotopic (exact) mass is 348 g/mol. The number of nitrogens with one attached hydrogen (secondary N) is 1. The van der Waals surface area contributed by atoms with Gasteiger partial charge >= 0.3 is 0 Å². The average Bonchev–Trinajstić information content (AvgIpc) is 2.94. The van der Waals surface area contributed by atoms with Gasteiger partial charge in [-0.2, -0.15) is 0 Å². The van der Waals surface area contributed by atoms with Gasteiger partial charge in [-0.25, -0.2) is 0 Å². The highest BCUT2D eigenvalue weighted by atomic mass is 32.2. The zero-order valence-corrected chi connectivity index (χ0v) is 15.2. The minimum absolute atomic E-state index is 0.00603. The van der Waals surface area contributed by atoms with Gasteiger partial charge in [-0.05, 0) is 38.8 Å². The van der Waals surface area contributed by atoms with Crippen LogP contribution in [0.4, 0.5) is 0 Å². The molecule has 0 saturated heterocycles. The smallest absolute Gasteiger partial charge is 0.230 e. The van der Waals surface area contributed by atoms with E-state index in [1.54, 1.807) is 0 Å². The Hall–Kier alpha value is -1.86. The third kappa shape index (κ3) is 5.07. The van der Waals surface area contributed by atoms with E-state index in [0.717, 1.165) is 28.7 Å². The molecular weight excluding hydrogens is 324 g/mol. The van der Waals surface area contributed by atoms with E-state index in [-0.39, 0.29) is 5.91 Å². The van der Waals surface area contributed by atoms with Gasteiger partial charge in [-0.3, -0.25) is 9.36 Å². The molecule has 6 nitrogen and oxygen atoms in total. The standard InChI is InChI=1S/C17H24N4O2S/c1-4-23-11-7-10-18-16(22)12-24-17-20-19-14(3)21(17)15-9-6-5-8-13(15)2/h5-6,8-9H,4,7,10-12H2,1-3H3,(H,18,22). The second-order valence-corrected chi connectivity index (χ2v) is 6.28. The summed E-state index contributed by atoms with van der Waals surface area (Å²) in [5.41, 5.74) is 2.18. The van der Waals surface area contributed by atoms with E-state index >= 15 is 0 Å². The molecule has 0 aliphatic rings. The molecule has 2 rings (SSSR count). The van der Waals surface area contributed by atoms with Crippen molar-refractivity contribution in [1.29, 1.82) is 0 Å². The van der Waals surface area contributed by atoms with Crippen molar-refractivity contribution >= 4 is 17.7 Å². The minimum atomic E-state index is -0.00603. The first kappa shape index (κ1) is 18.5. The quantitative estimate of drug-likeness (QED) is 0.557. The summed E-state index contributed by atoms with van der Waals surface area (Å²) in [5.74, 6) is 1.12. The first-order chi connectivity index (χ1) is 11.6. The maximum atomic E-state index is 11.9. The summed E-state index contributed by atoms with van der Waals surface area (Å²) in [6, 6.07) is 8.07. The Morgan fingerprint density at radius 2 is 2.08 bits per heavy atom. The Bertz CT molecular complexity index is 672. The number of amides is 1. The normalized spacial score (nSPS) is 10.8. The number of thioether (sulfide) groups is 1. The summed E-state index contributed by atoms with van der Waals surface area (Å²) >= 11 is 1.39. The van der Waals surface area contributed by atoms with E-state index < -0.39 is 0 Å². The number of nitrogens with zero attached hydrogens (tertiary/aromatic N) is 3. The Morgan fingerprint density at radius 1 is 1.29 bits per heavy atom. The van der Waals surface area contributed by atoms with Crippen LogP contribution in [0.2, 0.25) is 0 Å². The summed E-state index contributed by atoms with van der Waals surface area (Å²) in [7, 11) is 0. The van der Waals surface area contributed by atoms with E-state index in [9.17, 15) is 4.79 Å². The van der Waals surface area contributed by atoms with Crippen molar-refractivity contribution in [3.8, 4) is 5.69 Å². The third-order valence-corrected chi connectivity index (χ3v) is 4.40. The number of benzene rings is 1. The molecule has 0 bridgehead atoms. The summed E-state index contributed by atoms with van der Waals surface area (Å²) < 4.78 is 7.23. The Kier molecular flexibility index (Phi) is 7.27. The molecule has 0 radical (unpaired) electrons. The van der Waals surface area contributed by atoms with Crippen molar-refractivity contribution in [3.05, 3.63) is 35.7 Å². The van der Waals surface area contributed by atoms with Crippen molar-refractivity contribution in [2.24, 2.45) is 0 Å². The molecule has 0 aliphatic carbocycles. The van der Waals surface area contributed by atoms with Gasteiger partial charge in [-0.15, -0.1) is 10.2 Å². The predicted octanol–water partition coefficient (Wildman–Crippen LogP) is 2.52. The molecule has 1 aromatic heterocycles. The molecule has 0 spiro atoms. The summed E-state index contributed by atoms with van der Waals surface area (Å²) in [6.45, 7) is 7.93. The fourth-order valence-corrected chi connectivity index (χ4v) is 3.08. The first-order valence-electron chi connectivity index (χ1n) is 8.08. The highest BCUT2D eigenvalue weighted by molar-refractivity contribution is 7.99. The van der Waals surface area contributed by atoms with Crippen molar-refractivity contribution in [2.75, 3.05) is 25.5 Å². The van der Waals surface area contributed by atoms with Crippen LogP contribution in [0, 0.1) is 13.8 Å². The summed E-state index contributed by atoms with van der Waals surface area (Å²) in [6.07, 6.45) is 0.822. The molecule has 1 heterocycles. The van der Waals surface area contributed by atoms with Crippen LogP contribution in [0.25, 0.3) is 5.69 Å². The van der Waals surface area contributed by atoms with Gasteiger partial charge in [0.05, 0.1) is 11.4 Å². The van der Waals surface area contributed by atoms with Crippen LogP contribution in [-0.4, -0.2) is 46.2 Å². The highest BCUT2D eigenvalue weighted by Crippen LogP contribution is 2.23. The number of aryl methyl sites for hydroxylation is 2. The van der Waals surface area contributed by atoms with Gasteiger partial charge in [0.1, 0.15) is 5.82 Å². The maximum absolute atomic E-state index is 11.9. The zero-order chi connectivity index (χ0) is 17.4. The molecule has 1 aromatic carbocycles. The van der Waals surface area contributed by atoms with Crippen LogP contribution in [0.1, 0.15) is 24.7 Å². The largest absolute Gasteiger partial charge is 0.382 e. The highest BCUT2D eigenvalue weighted by Gasteiger charge is 2.14. The van der Waals surface area contributed by atoms with Crippen LogP contribution in [0.15, 0.2) is 29.4 Å². The fourth-order valence-electron chi connectivity index (χ4n) is 2.26. The number of hydrogen-bond donors (Lipinski definition) is 1. The Balaban J connectivity index is 1.92. The molecule has 1 N–H and O–H groups in total. The lowest BCUT2D eigenvalue weighted by molar-refractivity contribution is -0.118. The van der Waals surface area contributed by atoms with Crippen molar-refractivity contribution < 1.29 is 9.53 Å². The van der Waals surface area contributed by atoms with E-state index in [1.165, 1.54) is 11.8 Å². The van der Waals surface area contributed by atoms with Crippen molar-refractivity contribution in [2.45, 2.75) is 32.3 Å². The van der Waals surface area contributed by atoms with E-state index in [1.807, 2.05) is 49.6 Å². The number of para-hydroxylation sites is 1.